The van der Waals surface area contributed by atoms with E-state index >= 15 is 0 Å². The number of nitrogens with one attached hydrogen (secondary N) is 1. The molecular formula is C20H17N5O5. The number of rotatable bonds is 7. The van der Waals surface area contributed by atoms with E-state index in [0.717, 1.165) is 11.6 Å². The molecule has 0 fully saturated rings. The van der Waals surface area contributed by atoms with Crippen LogP contribution in [0.3, 0.4) is 0 Å². The summed E-state index contributed by atoms with van der Waals surface area (Å²) in [6.07, 6.45) is 5.73. The number of hydrogen-bond acceptors (Lipinski definition) is 8. The molecule has 10 nitrogen and oxygen atoms in total. The van der Waals surface area contributed by atoms with Gasteiger partial charge < -0.3 is 4.74 Å². The van der Waals surface area contributed by atoms with Gasteiger partial charge in [-0.05, 0) is 36.8 Å². The number of nitro benzene ring substituents is 2. The van der Waals surface area contributed by atoms with Crippen molar-refractivity contribution >= 4 is 29.4 Å². The van der Waals surface area contributed by atoms with Crippen LogP contribution in [0.4, 0.5) is 17.1 Å². The lowest BCUT2D eigenvalue weighted by atomic mass is 9.97. The molecule has 0 bridgehead atoms. The second-order valence-corrected chi connectivity index (χ2v) is 6.66. The molecule has 1 heterocycles. The number of fused-ring (bicyclic) bond motifs is 1. The third-order valence-electron chi connectivity index (χ3n) is 4.57. The van der Waals surface area contributed by atoms with Crippen molar-refractivity contribution in [1.29, 1.82) is 5.26 Å². The smallest absolute Gasteiger partial charge is 0.301 e. The van der Waals surface area contributed by atoms with Crippen molar-refractivity contribution in [3.63, 3.8) is 0 Å². The Balaban J connectivity index is 1.61. The molecule has 0 aromatic heterocycles. The van der Waals surface area contributed by atoms with Crippen LogP contribution in [0.5, 0.6) is 5.75 Å². The topological polar surface area (TPSA) is 144 Å². The van der Waals surface area contributed by atoms with Crippen LogP contribution in [0.1, 0.15) is 24.5 Å². The van der Waals surface area contributed by atoms with Crippen LogP contribution >= 0.6 is 0 Å². The van der Waals surface area contributed by atoms with Gasteiger partial charge in [0.25, 0.3) is 5.69 Å². The normalized spacial score (nSPS) is 15.7. The molecule has 0 amide bonds. The SMILES string of the molecule is C[C@H](C/C=N/Nc1ccc([N+](=O)[O-])cc1[N+](=O)[O-])[C@@H]1C=Cc2cc(C#N)ccc2O1. The number of hydrazone groups is 1. The van der Waals surface area contributed by atoms with Gasteiger partial charge in [-0.25, -0.2) is 0 Å². The summed E-state index contributed by atoms with van der Waals surface area (Å²) in [7, 11) is 0. The van der Waals surface area contributed by atoms with Crippen molar-refractivity contribution in [2.24, 2.45) is 11.0 Å². The molecule has 1 N–H and O–H groups in total. The van der Waals surface area contributed by atoms with Gasteiger partial charge in [-0.2, -0.15) is 10.4 Å². The molecule has 0 unspecified atom stereocenters. The van der Waals surface area contributed by atoms with Gasteiger partial charge in [0.05, 0.1) is 27.5 Å². The molecule has 0 saturated heterocycles. The number of ether oxygens (including phenoxy) is 1. The number of hydrogen-bond donors (Lipinski definition) is 1. The molecule has 2 aromatic carbocycles. The molecule has 2 aromatic rings. The number of nitro groups is 2. The van der Waals surface area contributed by atoms with E-state index < -0.39 is 15.5 Å². The fourth-order valence-corrected chi connectivity index (χ4v) is 2.89. The number of nitriles is 1. The van der Waals surface area contributed by atoms with E-state index in [1.54, 1.807) is 24.4 Å². The highest BCUT2D eigenvalue weighted by atomic mass is 16.6. The van der Waals surface area contributed by atoms with Gasteiger partial charge in [-0.3, -0.25) is 25.7 Å². The van der Waals surface area contributed by atoms with E-state index in [9.17, 15) is 20.2 Å². The van der Waals surface area contributed by atoms with Crippen molar-refractivity contribution < 1.29 is 14.6 Å². The predicted molar refractivity (Wildman–Crippen MR) is 110 cm³/mol. The standard InChI is InChI=1S/C20H17N5O5/c1-13(19-7-3-15-10-14(12-21)2-6-20(15)30-19)8-9-22-23-17-5-4-16(24(26)27)11-18(17)25(28)29/h2-7,9-11,13,19,23H,8H2,1H3/b22-9+/t13-,19+/m1/s1. The van der Waals surface area contributed by atoms with E-state index in [2.05, 4.69) is 16.6 Å². The first kappa shape index (κ1) is 20.5. The Hall–Kier alpha value is -4.26. The fourth-order valence-electron chi connectivity index (χ4n) is 2.89. The van der Waals surface area contributed by atoms with Gasteiger partial charge in [-0.1, -0.05) is 13.0 Å². The number of nitrogens with zero attached hydrogens (tertiary/aromatic N) is 4. The Morgan fingerprint density at radius 2 is 2.07 bits per heavy atom. The maximum atomic E-state index is 11.1. The zero-order chi connectivity index (χ0) is 21.7. The van der Waals surface area contributed by atoms with E-state index in [0.29, 0.717) is 17.7 Å². The Morgan fingerprint density at radius 1 is 1.27 bits per heavy atom. The van der Waals surface area contributed by atoms with E-state index in [1.807, 2.05) is 19.1 Å². The Morgan fingerprint density at radius 3 is 2.77 bits per heavy atom. The van der Waals surface area contributed by atoms with Crippen molar-refractivity contribution in [1.82, 2.24) is 0 Å². The highest BCUT2D eigenvalue weighted by Gasteiger charge is 2.21. The van der Waals surface area contributed by atoms with Crippen molar-refractivity contribution in [2.75, 3.05) is 5.43 Å². The molecule has 1 aliphatic rings. The zero-order valence-corrected chi connectivity index (χ0v) is 15.9. The third kappa shape index (κ3) is 4.59. The Labute approximate surface area is 171 Å². The van der Waals surface area contributed by atoms with Gasteiger partial charge in [-0.15, -0.1) is 0 Å². The summed E-state index contributed by atoms with van der Waals surface area (Å²) in [6, 6.07) is 10.6. The first-order valence-corrected chi connectivity index (χ1v) is 8.98. The monoisotopic (exact) mass is 407 g/mol. The fraction of sp³-hybridized carbons (Fsp3) is 0.200. The summed E-state index contributed by atoms with van der Waals surface area (Å²) < 4.78 is 5.96. The molecule has 3 rings (SSSR count). The minimum Gasteiger partial charge on any atom is -0.485 e. The molecule has 30 heavy (non-hydrogen) atoms. The maximum absolute atomic E-state index is 11.1. The molecule has 152 valence electrons. The summed E-state index contributed by atoms with van der Waals surface area (Å²) in [4.78, 5) is 20.5. The lowest BCUT2D eigenvalue weighted by molar-refractivity contribution is -0.393. The molecule has 0 saturated carbocycles. The van der Waals surface area contributed by atoms with Gasteiger partial charge >= 0.3 is 5.69 Å². The molecule has 0 radical (unpaired) electrons. The highest BCUT2D eigenvalue weighted by Crippen LogP contribution is 2.30. The number of anilines is 1. The molecular weight excluding hydrogens is 390 g/mol. The molecule has 2 atom stereocenters. The molecule has 0 spiro atoms. The Bertz CT molecular complexity index is 1090. The van der Waals surface area contributed by atoms with Crippen LogP contribution < -0.4 is 10.2 Å². The quantitative estimate of drug-likeness (QED) is 0.410. The van der Waals surface area contributed by atoms with Crippen molar-refractivity contribution in [3.8, 4) is 11.8 Å². The minimum absolute atomic E-state index is 0.0578. The van der Waals surface area contributed by atoms with Crippen LogP contribution in [-0.2, 0) is 0 Å². The lowest BCUT2D eigenvalue weighted by Crippen LogP contribution is -2.25. The second kappa shape index (κ2) is 8.83. The van der Waals surface area contributed by atoms with Crippen LogP contribution in [-0.4, -0.2) is 22.2 Å². The summed E-state index contributed by atoms with van der Waals surface area (Å²) >= 11 is 0. The minimum atomic E-state index is -0.705. The van der Waals surface area contributed by atoms with E-state index in [4.69, 9.17) is 10.00 Å². The molecule has 10 heteroatoms. The zero-order valence-electron chi connectivity index (χ0n) is 15.9. The van der Waals surface area contributed by atoms with Crippen LogP contribution in [0.25, 0.3) is 6.08 Å². The molecule has 0 aliphatic carbocycles. The predicted octanol–water partition coefficient (Wildman–Crippen LogP) is 4.27. The third-order valence-corrected chi connectivity index (χ3v) is 4.57. The molecule has 1 aliphatic heterocycles. The van der Waals surface area contributed by atoms with Crippen molar-refractivity contribution in [3.05, 3.63) is 73.8 Å². The summed E-state index contributed by atoms with van der Waals surface area (Å²) in [5, 5.41) is 34.9. The van der Waals surface area contributed by atoms with E-state index in [-0.39, 0.29) is 23.4 Å². The average Bonchev–Trinajstić information content (AvgIpc) is 2.75. The summed E-state index contributed by atoms with van der Waals surface area (Å²) in [6.45, 7) is 1.98. The van der Waals surface area contributed by atoms with E-state index in [1.165, 1.54) is 12.1 Å². The van der Waals surface area contributed by atoms with Gasteiger partial charge in [0.15, 0.2) is 0 Å². The second-order valence-electron chi connectivity index (χ2n) is 6.66. The number of benzene rings is 2. The van der Waals surface area contributed by atoms with Gasteiger partial charge in [0, 0.05) is 23.8 Å². The first-order chi connectivity index (χ1) is 14.4. The largest absolute Gasteiger partial charge is 0.485 e. The van der Waals surface area contributed by atoms with Crippen molar-refractivity contribution in [2.45, 2.75) is 19.4 Å². The van der Waals surface area contributed by atoms with Gasteiger partial charge in [0.2, 0.25) is 0 Å². The number of non-ortho nitro benzene ring substituents is 1. The van der Waals surface area contributed by atoms with Crippen LogP contribution in [0.15, 0.2) is 47.6 Å². The maximum Gasteiger partial charge on any atom is 0.301 e. The Kier molecular flexibility index (Phi) is 6.03. The van der Waals surface area contributed by atoms with Gasteiger partial charge in [0.1, 0.15) is 17.5 Å². The summed E-state index contributed by atoms with van der Waals surface area (Å²) in [5.74, 6) is 0.757. The average molecular weight is 407 g/mol. The highest BCUT2D eigenvalue weighted by molar-refractivity contribution is 5.67. The van der Waals surface area contributed by atoms with Crippen LogP contribution in [0, 0.1) is 37.5 Å². The lowest BCUT2D eigenvalue weighted by Gasteiger charge is -2.25. The van der Waals surface area contributed by atoms with Crippen LogP contribution in [0.2, 0.25) is 0 Å². The first-order valence-electron chi connectivity index (χ1n) is 8.98. The summed E-state index contributed by atoms with van der Waals surface area (Å²) in [5.41, 5.74) is 3.23.